The average molecular weight is 318 g/mol. The molecule has 1 aromatic heterocycles. The van der Waals surface area contributed by atoms with Crippen molar-refractivity contribution in [3.63, 3.8) is 0 Å². The fourth-order valence-electron chi connectivity index (χ4n) is 2.77. The molecule has 2 aromatic rings. The van der Waals surface area contributed by atoms with Gasteiger partial charge in [0.05, 0.1) is 36.5 Å². The summed E-state index contributed by atoms with van der Waals surface area (Å²) in [6.45, 7) is 1.42. The SMILES string of the molecule is COc1cc(O)c2c(c1OC)C(=O)c1c(coc1C(C)O)C2=O. The van der Waals surface area contributed by atoms with Crippen LogP contribution in [0.15, 0.2) is 16.7 Å². The lowest BCUT2D eigenvalue weighted by Crippen LogP contribution is -2.22. The number of hydrogen-bond donors (Lipinski definition) is 2. The Hall–Kier alpha value is -2.80. The molecule has 1 aromatic carbocycles. The van der Waals surface area contributed by atoms with Crippen molar-refractivity contribution in [3.8, 4) is 17.2 Å². The maximum Gasteiger partial charge on any atom is 0.202 e. The molecule has 0 saturated heterocycles. The maximum atomic E-state index is 12.9. The van der Waals surface area contributed by atoms with Gasteiger partial charge in [0.2, 0.25) is 11.6 Å². The smallest absolute Gasteiger partial charge is 0.202 e. The number of ether oxygens (including phenoxy) is 2. The van der Waals surface area contributed by atoms with Gasteiger partial charge in [-0.2, -0.15) is 0 Å². The van der Waals surface area contributed by atoms with Crippen molar-refractivity contribution in [2.24, 2.45) is 0 Å². The number of carbonyl (C=O) groups excluding carboxylic acids is 2. The van der Waals surface area contributed by atoms with E-state index in [4.69, 9.17) is 13.9 Å². The van der Waals surface area contributed by atoms with Crippen LogP contribution in [0, 0.1) is 0 Å². The van der Waals surface area contributed by atoms with Crippen LogP contribution in [0.2, 0.25) is 0 Å². The second-order valence-corrected chi connectivity index (χ2v) is 5.10. The standard InChI is InChI=1S/C16H14O7/c1-6(17)15-10-7(5-23-15)13(19)11-8(18)4-9(21-2)16(22-3)12(11)14(10)20/h4-6,17-18H,1-3H3. The van der Waals surface area contributed by atoms with Gasteiger partial charge in [-0.3, -0.25) is 9.59 Å². The van der Waals surface area contributed by atoms with Crippen LogP contribution in [0.5, 0.6) is 17.2 Å². The topological polar surface area (TPSA) is 106 Å². The van der Waals surface area contributed by atoms with Gasteiger partial charge in [-0.25, -0.2) is 0 Å². The predicted molar refractivity (Wildman–Crippen MR) is 77.4 cm³/mol. The molecule has 0 saturated carbocycles. The zero-order chi connectivity index (χ0) is 16.9. The number of hydrogen-bond acceptors (Lipinski definition) is 7. The van der Waals surface area contributed by atoms with Gasteiger partial charge >= 0.3 is 0 Å². The number of phenolic OH excluding ortho intramolecular Hbond substituents is 1. The molecule has 1 unspecified atom stereocenters. The molecule has 0 spiro atoms. The molecule has 2 N–H and O–H groups in total. The van der Waals surface area contributed by atoms with Crippen molar-refractivity contribution in [1.82, 2.24) is 0 Å². The van der Waals surface area contributed by atoms with Crippen LogP contribution in [-0.2, 0) is 0 Å². The second-order valence-electron chi connectivity index (χ2n) is 5.10. The summed E-state index contributed by atoms with van der Waals surface area (Å²) in [5, 5.41) is 19.9. The number of aliphatic hydroxyl groups excluding tert-OH is 1. The first-order valence-corrected chi connectivity index (χ1v) is 6.79. The molecule has 7 nitrogen and oxygen atoms in total. The maximum absolute atomic E-state index is 12.9. The number of benzene rings is 1. The van der Waals surface area contributed by atoms with Crippen LogP contribution in [0.1, 0.15) is 50.6 Å². The highest BCUT2D eigenvalue weighted by Crippen LogP contribution is 2.45. The normalized spacial score (nSPS) is 14.3. The molecule has 0 radical (unpaired) electrons. The van der Waals surface area contributed by atoms with E-state index in [1.54, 1.807) is 0 Å². The molecule has 0 amide bonds. The Morgan fingerprint density at radius 2 is 1.78 bits per heavy atom. The third-order valence-electron chi connectivity index (χ3n) is 3.77. The van der Waals surface area contributed by atoms with Crippen LogP contribution < -0.4 is 9.47 Å². The van der Waals surface area contributed by atoms with Gasteiger partial charge in [-0.15, -0.1) is 0 Å². The van der Waals surface area contributed by atoms with Crippen LogP contribution in [-0.4, -0.2) is 36.0 Å². The van der Waals surface area contributed by atoms with Crippen molar-refractivity contribution in [1.29, 1.82) is 0 Å². The number of fused-ring (bicyclic) bond motifs is 2. The fraction of sp³-hybridized carbons (Fsp3) is 0.250. The number of furan rings is 1. The zero-order valence-corrected chi connectivity index (χ0v) is 12.7. The molecular formula is C16H14O7. The van der Waals surface area contributed by atoms with Crippen LogP contribution in [0.4, 0.5) is 0 Å². The Morgan fingerprint density at radius 1 is 1.09 bits per heavy atom. The largest absolute Gasteiger partial charge is 0.507 e. The molecule has 0 bridgehead atoms. The van der Waals surface area contributed by atoms with Gasteiger partial charge in [-0.05, 0) is 6.92 Å². The first-order chi connectivity index (χ1) is 10.9. The number of aromatic hydroxyl groups is 1. The van der Waals surface area contributed by atoms with Crippen molar-refractivity contribution < 1.29 is 33.7 Å². The molecule has 1 heterocycles. The van der Waals surface area contributed by atoms with Crippen LogP contribution >= 0.6 is 0 Å². The van der Waals surface area contributed by atoms with E-state index in [9.17, 15) is 19.8 Å². The first-order valence-electron chi connectivity index (χ1n) is 6.79. The molecule has 1 aliphatic rings. The zero-order valence-electron chi connectivity index (χ0n) is 12.7. The summed E-state index contributed by atoms with van der Waals surface area (Å²) in [6.07, 6.45) is 0.0405. The van der Waals surface area contributed by atoms with E-state index in [-0.39, 0.29) is 45.3 Å². The minimum atomic E-state index is -1.07. The minimum Gasteiger partial charge on any atom is -0.507 e. The second kappa shape index (κ2) is 5.13. The van der Waals surface area contributed by atoms with Gasteiger partial charge in [0.15, 0.2) is 11.5 Å². The Balaban J connectivity index is 2.37. The van der Waals surface area contributed by atoms with E-state index >= 15 is 0 Å². The van der Waals surface area contributed by atoms with Crippen molar-refractivity contribution in [2.75, 3.05) is 14.2 Å². The van der Waals surface area contributed by atoms with E-state index < -0.39 is 17.7 Å². The van der Waals surface area contributed by atoms with E-state index in [1.807, 2.05) is 0 Å². The van der Waals surface area contributed by atoms with Crippen molar-refractivity contribution in [2.45, 2.75) is 13.0 Å². The van der Waals surface area contributed by atoms with Gasteiger partial charge < -0.3 is 24.1 Å². The summed E-state index contributed by atoms with van der Waals surface area (Å²) in [5.41, 5.74) is -0.299. The molecule has 1 atom stereocenters. The van der Waals surface area contributed by atoms with Crippen LogP contribution in [0.25, 0.3) is 0 Å². The summed E-state index contributed by atoms with van der Waals surface area (Å²) in [4.78, 5) is 25.5. The highest BCUT2D eigenvalue weighted by atomic mass is 16.5. The Kier molecular flexibility index (Phi) is 3.37. The average Bonchev–Trinajstić information content (AvgIpc) is 2.97. The van der Waals surface area contributed by atoms with Crippen molar-refractivity contribution in [3.05, 3.63) is 40.3 Å². The van der Waals surface area contributed by atoms with Gasteiger partial charge in [-0.1, -0.05) is 0 Å². The van der Waals surface area contributed by atoms with Gasteiger partial charge in [0.25, 0.3) is 0 Å². The molecule has 0 aliphatic heterocycles. The number of phenols is 1. The molecule has 0 fully saturated rings. The Labute approximate surface area is 131 Å². The summed E-state index contributed by atoms with van der Waals surface area (Å²) in [7, 11) is 2.68. The number of carbonyl (C=O) groups is 2. The molecule has 23 heavy (non-hydrogen) atoms. The summed E-state index contributed by atoms with van der Waals surface area (Å²) in [5.74, 6) is -1.39. The third-order valence-corrected chi connectivity index (χ3v) is 3.77. The molecule has 120 valence electrons. The highest BCUT2D eigenvalue weighted by Gasteiger charge is 2.40. The third kappa shape index (κ3) is 1.93. The van der Waals surface area contributed by atoms with E-state index in [0.29, 0.717) is 0 Å². The number of rotatable bonds is 3. The molecule has 7 heteroatoms. The van der Waals surface area contributed by atoms with Gasteiger partial charge in [0, 0.05) is 6.07 Å². The number of methoxy groups -OCH3 is 2. The highest BCUT2D eigenvalue weighted by molar-refractivity contribution is 6.30. The summed E-state index contributed by atoms with van der Waals surface area (Å²) < 4.78 is 15.5. The number of aliphatic hydroxyl groups is 1. The number of ketones is 2. The first kappa shape index (κ1) is 15.1. The van der Waals surface area contributed by atoms with Gasteiger partial charge in [0.1, 0.15) is 23.9 Å². The summed E-state index contributed by atoms with van der Waals surface area (Å²) >= 11 is 0. The molecule has 1 aliphatic carbocycles. The van der Waals surface area contributed by atoms with E-state index in [0.717, 1.165) is 6.26 Å². The quantitative estimate of drug-likeness (QED) is 0.758. The minimum absolute atomic E-state index is 0.000852. The Bertz CT molecular complexity index is 829. The lowest BCUT2D eigenvalue weighted by molar-refractivity contribution is 0.0969. The Morgan fingerprint density at radius 3 is 2.35 bits per heavy atom. The van der Waals surface area contributed by atoms with Crippen LogP contribution in [0.3, 0.4) is 0 Å². The molecule has 3 rings (SSSR count). The lowest BCUT2D eigenvalue weighted by Gasteiger charge is -2.20. The predicted octanol–water partition coefficient (Wildman–Crippen LogP) is 1.83. The monoisotopic (exact) mass is 318 g/mol. The van der Waals surface area contributed by atoms with Crippen molar-refractivity contribution >= 4 is 11.6 Å². The fourth-order valence-corrected chi connectivity index (χ4v) is 2.77. The summed E-state index contributed by atoms with van der Waals surface area (Å²) in [6, 6.07) is 1.21. The van der Waals surface area contributed by atoms with E-state index in [2.05, 4.69) is 0 Å². The molecular weight excluding hydrogens is 304 g/mol. The lowest BCUT2D eigenvalue weighted by atomic mass is 9.83. The van der Waals surface area contributed by atoms with E-state index in [1.165, 1.54) is 27.2 Å².